The number of carbonyl (C=O) groups is 1. The summed E-state index contributed by atoms with van der Waals surface area (Å²) in [6, 6.07) is 22.1. The Balaban J connectivity index is 1.66. The number of hydrogen-bond donors (Lipinski definition) is 1. The highest BCUT2D eigenvalue weighted by Gasteiger charge is 2.40. The van der Waals surface area contributed by atoms with Gasteiger partial charge in [0.05, 0.1) is 38.0 Å². The van der Waals surface area contributed by atoms with E-state index in [2.05, 4.69) is 46.3 Å². The highest BCUT2D eigenvalue weighted by atomic mass is 35.5. The number of amidine groups is 1. The van der Waals surface area contributed by atoms with Crippen LogP contribution in [0.2, 0.25) is 5.02 Å². The average molecular weight is 547 g/mol. The molecule has 8 heteroatoms. The topological polar surface area (TPSA) is 66.4 Å². The monoisotopic (exact) mass is 546 g/mol. The predicted molar refractivity (Wildman–Crippen MR) is 155 cm³/mol. The fraction of sp³-hybridized carbons (Fsp3) is 0.355. The fourth-order valence-corrected chi connectivity index (χ4v) is 5.32. The van der Waals surface area contributed by atoms with Crippen molar-refractivity contribution >= 4 is 23.3 Å². The van der Waals surface area contributed by atoms with E-state index in [1.54, 1.807) is 7.11 Å². The Morgan fingerprint density at radius 2 is 1.77 bits per heavy atom. The molecule has 1 N–H and O–H groups in total. The number of aliphatic imine (C=N–C) groups is 1. The molecule has 204 valence electrons. The first-order valence-electron chi connectivity index (χ1n) is 13.3. The van der Waals surface area contributed by atoms with Crippen molar-refractivity contribution in [2.45, 2.75) is 39.0 Å². The molecule has 39 heavy (non-hydrogen) atoms. The molecule has 2 atom stereocenters. The van der Waals surface area contributed by atoms with Crippen molar-refractivity contribution in [2.75, 3.05) is 33.4 Å². The predicted octanol–water partition coefficient (Wildman–Crippen LogP) is 5.38. The van der Waals surface area contributed by atoms with Gasteiger partial charge in [-0.1, -0.05) is 53.6 Å². The molecule has 2 heterocycles. The third-order valence-electron chi connectivity index (χ3n) is 7.06. The molecular weight excluding hydrogens is 512 g/mol. The lowest BCUT2D eigenvalue weighted by Crippen LogP contribution is -2.52. The van der Waals surface area contributed by atoms with Gasteiger partial charge in [0.1, 0.15) is 23.4 Å². The molecule has 1 saturated heterocycles. The van der Waals surface area contributed by atoms with Gasteiger partial charge >= 0.3 is 0 Å². The smallest absolute Gasteiger partial charge is 0.234 e. The second-order valence-corrected chi connectivity index (χ2v) is 10.8. The van der Waals surface area contributed by atoms with Crippen LogP contribution in [0.4, 0.5) is 0 Å². The Morgan fingerprint density at radius 1 is 1.05 bits per heavy atom. The van der Waals surface area contributed by atoms with Gasteiger partial charge in [0.2, 0.25) is 5.91 Å². The van der Waals surface area contributed by atoms with Crippen LogP contribution >= 0.6 is 11.6 Å². The number of carbonyl (C=O) groups excluding carboxylic acids is 1. The number of amides is 1. The van der Waals surface area contributed by atoms with Crippen LogP contribution in [0.25, 0.3) is 0 Å². The SMILES string of the molecule is COc1ccc(C2=N[C@@H](c3ccc(Cl)cc3)[C@@H](c3ccc(C)cc3)N2CN2CCNC(=O)C2)c(OC(C)C)c1. The van der Waals surface area contributed by atoms with E-state index in [0.717, 1.165) is 34.8 Å². The van der Waals surface area contributed by atoms with Crippen LogP contribution in [-0.2, 0) is 4.79 Å². The number of rotatable bonds is 8. The van der Waals surface area contributed by atoms with Crippen LogP contribution < -0.4 is 14.8 Å². The molecule has 7 nitrogen and oxygen atoms in total. The normalized spacial score (nSPS) is 19.7. The molecule has 3 aromatic rings. The summed E-state index contributed by atoms with van der Waals surface area (Å²) >= 11 is 6.26. The van der Waals surface area contributed by atoms with Crippen LogP contribution in [-0.4, -0.2) is 61.1 Å². The maximum atomic E-state index is 12.3. The van der Waals surface area contributed by atoms with Crippen molar-refractivity contribution in [1.29, 1.82) is 0 Å². The molecule has 2 aliphatic heterocycles. The minimum absolute atomic E-state index is 0.0305. The van der Waals surface area contributed by atoms with Gasteiger partial charge in [-0.3, -0.25) is 14.7 Å². The van der Waals surface area contributed by atoms with Gasteiger partial charge in [-0.15, -0.1) is 0 Å². The average Bonchev–Trinajstić information content (AvgIpc) is 3.27. The molecular formula is C31H35ClN4O3. The molecule has 2 aliphatic rings. The Labute approximate surface area is 235 Å². The minimum atomic E-state index is -0.187. The van der Waals surface area contributed by atoms with Gasteiger partial charge in [0, 0.05) is 24.2 Å². The van der Waals surface area contributed by atoms with Crippen LogP contribution in [0.5, 0.6) is 11.5 Å². The Hall–Kier alpha value is -3.55. The number of hydrogen-bond acceptors (Lipinski definition) is 6. The van der Waals surface area contributed by atoms with E-state index in [9.17, 15) is 4.79 Å². The fourth-order valence-electron chi connectivity index (χ4n) is 5.19. The van der Waals surface area contributed by atoms with E-state index in [0.29, 0.717) is 30.5 Å². The second kappa shape index (κ2) is 11.7. The molecule has 0 bridgehead atoms. The first kappa shape index (κ1) is 27.0. The van der Waals surface area contributed by atoms with Crippen molar-refractivity contribution < 1.29 is 14.3 Å². The molecule has 0 spiro atoms. The zero-order valence-electron chi connectivity index (χ0n) is 22.9. The highest BCUT2D eigenvalue weighted by Crippen LogP contribution is 2.45. The quantitative estimate of drug-likeness (QED) is 0.411. The zero-order valence-corrected chi connectivity index (χ0v) is 23.6. The molecule has 0 aromatic heterocycles. The number of benzene rings is 3. The third-order valence-corrected chi connectivity index (χ3v) is 7.31. The number of halogens is 1. The van der Waals surface area contributed by atoms with Crippen molar-refractivity contribution in [3.63, 3.8) is 0 Å². The zero-order chi connectivity index (χ0) is 27.5. The molecule has 0 unspecified atom stereocenters. The molecule has 3 aromatic carbocycles. The molecule has 1 amide bonds. The largest absolute Gasteiger partial charge is 0.497 e. The van der Waals surface area contributed by atoms with Gasteiger partial charge in [0.25, 0.3) is 0 Å². The Kier molecular flexibility index (Phi) is 8.10. The van der Waals surface area contributed by atoms with E-state index in [1.165, 1.54) is 5.56 Å². The summed E-state index contributed by atoms with van der Waals surface area (Å²) in [6.45, 7) is 8.38. The third kappa shape index (κ3) is 6.05. The van der Waals surface area contributed by atoms with Crippen molar-refractivity contribution in [3.05, 3.63) is 94.0 Å². The van der Waals surface area contributed by atoms with Gasteiger partial charge in [-0.05, 0) is 56.2 Å². The lowest BCUT2D eigenvalue weighted by atomic mass is 9.93. The summed E-state index contributed by atoms with van der Waals surface area (Å²) in [7, 11) is 1.65. The van der Waals surface area contributed by atoms with Crippen LogP contribution in [0.15, 0.2) is 71.7 Å². The van der Waals surface area contributed by atoms with E-state index in [1.807, 2.05) is 56.3 Å². The number of nitrogens with zero attached hydrogens (tertiary/aromatic N) is 3. The van der Waals surface area contributed by atoms with Crippen molar-refractivity contribution in [3.8, 4) is 11.5 Å². The summed E-state index contributed by atoms with van der Waals surface area (Å²) < 4.78 is 11.8. The van der Waals surface area contributed by atoms with E-state index in [4.69, 9.17) is 26.1 Å². The standard InChI is InChI=1S/C31H35ClN4O3/c1-20(2)39-27-17-25(38-4)13-14-26(27)31-34-29(22-9-11-24(32)12-10-22)30(23-7-5-21(3)6-8-23)36(31)19-35-16-15-33-28(37)18-35/h5-14,17,20,29-30H,15-16,18-19H2,1-4H3,(H,33,37)/t29-,30+/m0/s1. The number of aryl methyl sites for hydroxylation is 1. The molecule has 0 radical (unpaired) electrons. The number of piperazine rings is 1. The Bertz CT molecular complexity index is 1340. The van der Waals surface area contributed by atoms with Gasteiger partial charge in [0.15, 0.2) is 0 Å². The van der Waals surface area contributed by atoms with Crippen LogP contribution in [0.3, 0.4) is 0 Å². The summed E-state index contributed by atoms with van der Waals surface area (Å²) in [5.41, 5.74) is 4.31. The molecule has 0 aliphatic carbocycles. The maximum Gasteiger partial charge on any atom is 0.234 e. The molecule has 5 rings (SSSR count). The summed E-state index contributed by atoms with van der Waals surface area (Å²) in [5, 5.41) is 3.62. The summed E-state index contributed by atoms with van der Waals surface area (Å²) in [4.78, 5) is 22.2. The van der Waals surface area contributed by atoms with Crippen molar-refractivity contribution in [1.82, 2.24) is 15.1 Å². The van der Waals surface area contributed by atoms with E-state index >= 15 is 0 Å². The molecule has 0 saturated carbocycles. The summed E-state index contributed by atoms with van der Waals surface area (Å²) in [5.74, 6) is 2.29. The number of ether oxygens (including phenoxy) is 2. The molecule has 1 fully saturated rings. The minimum Gasteiger partial charge on any atom is -0.497 e. The van der Waals surface area contributed by atoms with E-state index in [-0.39, 0.29) is 24.1 Å². The Morgan fingerprint density at radius 3 is 2.44 bits per heavy atom. The first-order valence-corrected chi connectivity index (χ1v) is 13.7. The van der Waals surface area contributed by atoms with Crippen molar-refractivity contribution in [2.24, 2.45) is 4.99 Å². The second-order valence-electron chi connectivity index (χ2n) is 10.3. The maximum absolute atomic E-state index is 12.3. The van der Waals surface area contributed by atoms with Gasteiger partial charge < -0.3 is 19.7 Å². The lowest BCUT2D eigenvalue weighted by Gasteiger charge is -2.37. The number of nitrogens with one attached hydrogen (secondary N) is 1. The highest BCUT2D eigenvalue weighted by molar-refractivity contribution is 6.30. The van der Waals surface area contributed by atoms with Crippen LogP contribution in [0, 0.1) is 6.92 Å². The number of methoxy groups -OCH3 is 1. The van der Waals surface area contributed by atoms with Gasteiger partial charge in [-0.25, -0.2) is 0 Å². The van der Waals surface area contributed by atoms with Crippen LogP contribution in [0.1, 0.15) is 48.2 Å². The van der Waals surface area contributed by atoms with Gasteiger partial charge in [-0.2, -0.15) is 0 Å². The lowest BCUT2D eigenvalue weighted by molar-refractivity contribution is -0.124. The van der Waals surface area contributed by atoms with E-state index < -0.39 is 0 Å². The summed E-state index contributed by atoms with van der Waals surface area (Å²) in [6.07, 6.45) is -0.0305. The first-order chi connectivity index (χ1) is 18.8.